The molecule has 0 saturated heterocycles. The van der Waals surface area contributed by atoms with Gasteiger partial charge in [-0.05, 0) is 89.0 Å². The number of benzene rings is 7. The normalized spacial score (nSPS) is 11.9. The van der Waals surface area contributed by atoms with E-state index in [1.54, 1.807) is 0 Å². The molecule has 0 aliphatic heterocycles. The van der Waals surface area contributed by atoms with Crippen molar-refractivity contribution in [2.24, 2.45) is 0 Å². The maximum Gasteiger partial charge on any atom is -0.00137 e. The zero-order chi connectivity index (χ0) is 23.6. The molecule has 8 rings (SSSR count). The average Bonchev–Trinajstić information content (AvgIpc) is 3.29. The van der Waals surface area contributed by atoms with Gasteiger partial charge in [-0.3, -0.25) is 0 Å². The monoisotopic (exact) mass is 454 g/mol. The molecule has 0 unspecified atom stereocenters. The van der Waals surface area contributed by atoms with Gasteiger partial charge in [0.15, 0.2) is 0 Å². The van der Waals surface area contributed by atoms with Crippen molar-refractivity contribution in [1.29, 1.82) is 0 Å². The van der Waals surface area contributed by atoms with Crippen molar-refractivity contribution < 1.29 is 0 Å². The molecule has 0 atom stereocenters. The van der Waals surface area contributed by atoms with Crippen LogP contribution in [0, 0.1) is 0 Å². The minimum absolute atomic E-state index is 1.24. The third-order valence-electron chi connectivity index (χ3n) is 7.77. The van der Waals surface area contributed by atoms with Gasteiger partial charge in [-0.25, -0.2) is 0 Å². The molecule has 0 aromatic heterocycles. The predicted molar refractivity (Wildman–Crippen MR) is 154 cm³/mol. The second kappa shape index (κ2) is 7.41. The van der Waals surface area contributed by atoms with E-state index >= 15 is 0 Å². The fourth-order valence-corrected chi connectivity index (χ4v) is 6.10. The summed E-state index contributed by atoms with van der Waals surface area (Å²) in [5.41, 5.74) is 10.5. The summed E-state index contributed by atoms with van der Waals surface area (Å²) in [7, 11) is 0. The summed E-state index contributed by atoms with van der Waals surface area (Å²) in [6.45, 7) is 0. The van der Waals surface area contributed by atoms with Crippen molar-refractivity contribution in [3.05, 3.63) is 133 Å². The van der Waals surface area contributed by atoms with E-state index in [2.05, 4.69) is 133 Å². The standard InChI is InChI=1S/C36H22/c1-2-8-27-21-28(20-17-23(27)7-1)24-15-18-25(19-16-24)33-22-29-9-3-4-12-30(29)35-31-13-5-10-26-11-6-14-32(34(26)31)36(33)35/h1-22H. The zero-order valence-corrected chi connectivity index (χ0v) is 19.7. The molecular formula is C36H22. The molecule has 0 heterocycles. The van der Waals surface area contributed by atoms with Crippen LogP contribution in [0.15, 0.2) is 133 Å². The second-order valence-electron chi connectivity index (χ2n) is 9.74. The summed E-state index contributed by atoms with van der Waals surface area (Å²) in [5.74, 6) is 0. The molecule has 0 N–H and O–H groups in total. The van der Waals surface area contributed by atoms with Crippen LogP contribution in [0.1, 0.15) is 0 Å². The highest BCUT2D eigenvalue weighted by Crippen LogP contribution is 2.53. The van der Waals surface area contributed by atoms with Crippen LogP contribution in [0.2, 0.25) is 0 Å². The van der Waals surface area contributed by atoms with E-state index in [-0.39, 0.29) is 0 Å². The number of hydrogen-bond acceptors (Lipinski definition) is 0. The Morgan fingerprint density at radius 1 is 0.306 bits per heavy atom. The van der Waals surface area contributed by atoms with Gasteiger partial charge in [0.25, 0.3) is 0 Å². The number of rotatable bonds is 2. The summed E-state index contributed by atoms with van der Waals surface area (Å²) in [6, 6.07) is 49.0. The average molecular weight is 455 g/mol. The highest BCUT2D eigenvalue weighted by atomic mass is 14.3. The van der Waals surface area contributed by atoms with Crippen LogP contribution in [0.25, 0.3) is 76.8 Å². The molecule has 36 heavy (non-hydrogen) atoms. The summed E-state index contributed by atoms with van der Waals surface area (Å²) in [6.07, 6.45) is 0. The molecule has 0 amide bonds. The lowest BCUT2D eigenvalue weighted by molar-refractivity contribution is 1.61. The Balaban J connectivity index is 1.35. The molecule has 0 bridgehead atoms. The first-order valence-corrected chi connectivity index (χ1v) is 12.5. The molecule has 1 aliphatic carbocycles. The van der Waals surface area contributed by atoms with Crippen LogP contribution >= 0.6 is 0 Å². The van der Waals surface area contributed by atoms with Gasteiger partial charge in [0.05, 0.1) is 0 Å². The van der Waals surface area contributed by atoms with Crippen molar-refractivity contribution in [2.75, 3.05) is 0 Å². The van der Waals surface area contributed by atoms with Crippen molar-refractivity contribution in [3.63, 3.8) is 0 Å². The lowest BCUT2D eigenvalue weighted by Crippen LogP contribution is -1.88. The van der Waals surface area contributed by atoms with Gasteiger partial charge in [-0.2, -0.15) is 0 Å². The van der Waals surface area contributed by atoms with Crippen molar-refractivity contribution >= 4 is 32.3 Å². The maximum atomic E-state index is 2.38. The predicted octanol–water partition coefficient (Wildman–Crippen LogP) is 10.1. The Hall–Kier alpha value is -4.68. The maximum absolute atomic E-state index is 2.38. The van der Waals surface area contributed by atoms with Crippen molar-refractivity contribution in [3.8, 4) is 44.5 Å². The van der Waals surface area contributed by atoms with Crippen molar-refractivity contribution in [1.82, 2.24) is 0 Å². The Morgan fingerprint density at radius 3 is 1.72 bits per heavy atom. The first kappa shape index (κ1) is 19.6. The molecule has 1 aliphatic rings. The molecule has 0 saturated carbocycles. The number of hydrogen-bond donors (Lipinski definition) is 0. The smallest absolute Gasteiger partial charge is 0.00137 e. The lowest BCUT2D eigenvalue weighted by atomic mass is 9.88. The van der Waals surface area contributed by atoms with Gasteiger partial charge >= 0.3 is 0 Å². The number of fused-ring (bicyclic) bond motifs is 6. The van der Waals surface area contributed by atoms with E-state index in [1.165, 1.54) is 76.8 Å². The third-order valence-corrected chi connectivity index (χ3v) is 7.77. The SMILES string of the molecule is c1ccc2cc(-c3ccc(-c4cc5ccccc5c5c4-c4cccc6cccc-5c46)cc3)ccc2c1. The van der Waals surface area contributed by atoms with Gasteiger partial charge in [-0.1, -0.05) is 121 Å². The van der Waals surface area contributed by atoms with Crippen LogP contribution in [0.5, 0.6) is 0 Å². The first-order valence-electron chi connectivity index (χ1n) is 12.5. The summed E-state index contributed by atoms with van der Waals surface area (Å²) >= 11 is 0. The van der Waals surface area contributed by atoms with Crippen molar-refractivity contribution in [2.45, 2.75) is 0 Å². The van der Waals surface area contributed by atoms with Gasteiger partial charge in [0.1, 0.15) is 0 Å². The zero-order valence-electron chi connectivity index (χ0n) is 19.7. The summed E-state index contributed by atoms with van der Waals surface area (Å²) < 4.78 is 0. The minimum Gasteiger partial charge on any atom is -0.0616 e. The quantitative estimate of drug-likeness (QED) is 0.244. The van der Waals surface area contributed by atoms with Crippen LogP contribution in [-0.4, -0.2) is 0 Å². The van der Waals surface area contributed by atoms with Crippen LogP contribution < -0.4 is 0 Å². The molecule has 0 fully saturated rings. The van der Waals surface area contributed by atoms with E-state index in [0.29, 0.717) is 0 Å². The van der Waals surface area contributed by atoms with Crippen LogP contribution in [-0.2, 0) is 0 Å². The van der Waals surface area contributed by atoms with E-state index in [9.17, 15) is 0 Å². The molecule has 7 aromatic carbocycles. The van der Waals surface area contributed by atoms with Gasteiger partial charge < -0.3 is 0 Å². The van der Waals surface area contributed by atoms with Gasteiger partial charge in [0.2, 0.25) is 0 Å². The largest absolute Gasteiger partial charge is 0.0616 e. The Labute approximate surface area is 210 Å². The third kappa shape index (κ3) is 2.76. The van der Waals surface area contributed by atoms with Gasteiger partial charge in [-0.15, -0.1) is 0 Å². The molecular weight excluding hydrogens is 432 g/mol. The van der Waals surface area contributed by atoms with E-state index < -0.39 is 0 Å². The van der Waals surface area contributed by atoms with E-state index in [1.807, 2.05) is 0 Å². The fraction of sp³-hybridized carbons (Fsp3) is 0. The Bertz CT molecular complexity index is 1970. The Morgan fingerprint density at radius 2 is 0.917 bits per heavy atom. The molecule has 0 nitrogen and oxygen atoms in total. The first-order chi connectivity index (χ1) is 17.8. The Kier molecular flexibility index (Phi) is 4.03. The molecule has 0 spiro atoms. The summed E-state index contributed by atoms with van der Waals surface area (Å²) in [4.78, 5) is 0. The molecule has 166 valence electrons. The van der Waals surface area contributed by atoms with E-state index in [0.717, 1.165) is 0 Å². The van der Waals surface area contributed by atoms with Gasteiger partial charge in [0, 0.05) is 0 Å². The second-order valence-corrected chi connectivity index (χ2v) is 9.74. The topological polar surface area (TPSA) is 0 Å². The van der Waals surface area contributed by atoms with E-state index in [4.69, 9.17) is 0 Å². The molecule has 0 radical (unpaired) electrons. The van der Waals surface area contributed by atoms with Crippen LogP contribution in [0.4, 0.5) is 0 Å². The molecule has 7 aromatic rings. The molecule has 0 heteroatoms. The lowest BCUT2D eigenvalue weighted by Gasteiger charge is -2.15. The summed E-state index contributed by atoms with van der Waals surface area (Å²) in [5, 5.41) is 7.85. The fourth-order valence-electron chi connectivity index (χ4n) is 6.10. The highest BCUT2D eigenvalue weighted by Gasteiger charge is 2.26. The minimum atomic E-state index is 1.24. The highest BCUT2D eigenvalue weighted by molar-refractivity contribution is 6.24. The van der Waals surface area contributed by atoms with Crippen LogP contribution in [0.3, 0.4) is 0 Å².